The molecule has 1 amide bonds. The van der Waals surface area contributed by atoms with Crippen LogP contribution in [0.5, 0.6) is 0 Å². The van der Waals surface area contributed by atoms with Gasteiger partial charge in [-0.1, -0.05) is 23.7 Å². The fourth-order valence-electron chi connectivity index (χ4n) is 2.95. The van der Waals surface area contributed by atoms with Crippen molar-refractivity contribution in [3.05, 3.63) is 46.7 Å². The van der Waals surface area contributed by atoms with Crippen molar-refractivity contribution in [3.63, 3.8) is 0 Å². The number of carbonyl (C=O) groups is 1. The van der Waals surface area contributed by atoms with E-state index in [4.69, 9.17) is 11.6 Å². The van der Waals surface area contributed by atoms with Gasteiger partial charge < -0.3 is 10.4 Å². The number of rotatable bonds is 5. The number of β-amino-alcohol motifs (C(OH)–C–C–N with tert-alkyl or cyclic N) is 1. The normalized spacial score (nSPS) is 21.6. The molecule has 0 spiro atoms. The van der Waals surface area contributed by atoms with E-state index in [1.54, 1.807) is 12.1 Å². The number of aromatic amines is 1. The van der Waals surface area contributed by atoms with Gasteiger partial charge in [0, 0.05) is 18.1 Å². The number of H-pyrrole nitrogens is 1. The lowest BCUT2D eigenvalue weighted by atomic mass is 9.90. The summed E-state index contributed by atoms with van der Waals surface area (Å²) in [6.45, 7) is 1.84. The number of hydrogen-bond acceptors (Lipinski definition) is 5. The highest BCUT2D eigenvalue weighted by molar-refractivity contribution is 6.30. The number of hydrogen-bond donors (Lipinski definition) is 3. The van der Waals surface area contributed by atoms with Crippen molar-refractivity contribution >= 4 is 17.5 Å². The van der Waals surface area contributed by atoms with Gasteiger partial charge in [-0.25, -0.2) is 0 Å². The van der Waals surface area contributed by atoms with Crippen LogP contribution >= 0.6 is 11.6 Å². The minimum Gasteiger partial charge on any atom is -0.382 e. The molecule has 1 atom stereocenters. The Hall–Kier alpha value is -1.96. The van der Waals surface area contributed by atoms with Crippen LogP contribution in [0.3, 0.4) is 0 Å². The topological polar surface area (TPSA) is 94.1 Å². The van der Waals surface area contributed by atoms with Gasteiger partial charge in [0.05, 0.1) is 12.7 Å². The molecule has 3 rings (SSSR count). The number of halogens is 1. The number of aromatic nitrogens is 3. The molecule has 3 N–H and O–H groups in total. The molecule has 1 aromatic heterocycles. The molecule has 1 aromatic carbocycles. The lowest BCUT2D eigenvalue weighted by molar-refractivity contribution is -0.124. The van der Waals surface area contributed by atoms with Gasteiger partial charge >= 0.3 is 0 Å². The molecular formula is C16H20ClN5O2. The highest BCUT2D eigenvalue weighted by atomic mass is 35.5. The van der Waals surface area contributed by atoms with E-state index < -0.39 is 5.60 Å². The number of amides is 1. The average molecular weight is 350 g/mol. The molecule has 0 saturated carbocycles. The highest BCUT2D eigenvalue weighted by Crippen LogP contribution is 2.29. The second-order valence-corrected chi connectivity index (χ2v) is 6.54. The van der Waals surface area contributed by atoms with Crippen molar-refractivity contribution < 1.29 is 9.90 Å². The Labute approximate surface area is 145 Å². The molecule has 0 bridgehead atoms. The first-order valence-electron chi connectivity index (χ1n) is 7.87. The molecule has 8 heteroatoms. The highest BCUT2D eigenvalue weighted by Gasteiger charge is 2.37. The van der Waals surface area contributed by atoms with Gasteiger partial charge in [0.1, 0.15) is 11.3 Å². The second kappa shape index (κ2) is 7.29. The van der Waals surface area contributed by atoms with E-state index in [-0.39, 0.29) is 12.5 Å². The first kappa shape index (κ1) is 16.9. The maximum Gasteiger partial charge on any atom is 0.234 e. The zero-order valence-electron chi connectivity index (χ0n) is 13.2. The van der Waals surface area contributed by atoms with Crippen LogP contribution < -0.4 is 5.32 Å². The molecule has 1 fully saturated rings. The predicted molar refractivity (Wildman–Crippen MR) is 89.3 cm³/mol. The zero-order valence-corrected chi connectivity index (χ0v) is 14.0. The number of nitrogens with zero attached hydrogens (tertiary/aromatic N) is 3. The van der Waals surface area contributed by atoms with Crippen LogP contribution in [0.2, 0.25) is 5.02 Å². The van der Waals surface area contributed by atoms with E-state index in [1.807, 2.05) is 17.0 Å². The Bertz CT molecular complexity index is 676. The van der Waals surface area contributed by atoms with Crippen molar-refractivity contribution in [1.82, 2.24) is 25.6 Å². The zero-order chi connectivity index (χ0) is 17.0. The Morgan fingerprint density at radius 1 is 1.42 bits per heavy atom. The lowest BCUT2D eigenvalue weighted by Crippen LogP contribution is -2.49. The molecule has 2 aromatic rings. The molecule has 2 heterocycles. The van der Waals surface area contributed by atoms with E-state index >= 15 is 0 Å². The van der Waals surface area contributed by atoms with Gasteiger partial charge in [-0.2, -0.15) is 15.4 Å². The third-order valence-corrected chi connectivity index (χ3v) is 4.46. The van der Waals surface area contributed by atoms with Crippen LogP contribution in [0.1, 0.15) is 24.1 Å². The molecule has 128 valence electrons. The summed E-state index contributed by atoms with van der Waals surface area (Å²) in [5.74, 6) is -0.0747. The summed E-state index contributed by atoms with van der Waals surface area (Å²) in [6.07, 6.45) is 2.94. The van der Waals surface area contributed by atoms with Gasteiger partial charge in [-0.05, 0) is 37.1 Å². The maximum absolute atomic E-state index is 12.2. The fourth-order valence-corrected chi connectivity index (χ4v) is 3.08. The van der Waals surface area contributed by atoms with Crippen molar-refractivity contribution in [2.45, 2.75) is 25.0 Å². The third kappa shape index (κ3) is 4.11. The number of aliphatic hydroxyl groups is 1. The number of carbonyl (C=O) groups excluding carboxylic acids is 1. The van der Waals surface area contributed by atoms with E-state index in [0.29, 0.717) is 30.2 Å². The lowest BCUT2D eigenvalue weighted by Gasteiger charge is -2.37. The van der Waals surface area contributed by atoms with Crippen molar-refractivity contribution in [2.24, 2.45) is 0 Å². The van der Waals surface area contributed by atoms with E-state index in [2.05, 4.69) is 20.7 Å². The fraction of sp³-hybridized carbons (Fsp3) is 0.438. The number of piperidine rings is 1. The van der Waals surface area contributed by atoms with Crippen LogP contribution in [0.4, 0.5) is 0 Å². The summed E-state index contributed by atoms with van der Waals surface area (Å²) in [5, 5.41) is 24.6. The molecule has 0 unspecified atom stereocenters. The summed E-state index contributed by atoms with van der Waals surface area (Å²) in [6, 6.07) is 7.36. The standard InChI is InChI=1S/C16H20ClN5O2/c17-13-4-2-12(3-5-13)8-18-15(23)10-22-7-1-6-16(24,11-22)14-9-19-21-20-14/h2-5,9,24H,1,6-8,10-11H2,(H,18,23)(H,19,20,21)/t16-/m1/s1. The first-order chi connectivity index (χ1) is 11.5. The summed E-state index contributed by atoms with van der Waals surface area (Å²) < 4.78 is 0. The Morgan fingerprint density at radius 2 is 2.21 bits per heavy atom. The van der Waals surface area contributed by atoms with Crippen molar-refractivity contribution in [2.75, 3.05) is 19.6 Å². The molecular weight excluding hydrogens is 330 g/mol. The number of likely N-dealkylation sites (tertiary alicyclic amines) is 1. The maximum atomic E-state index is 12.2. The van der Waals surface area contributed by atoms with Gasteiger partial charge in [-0.15, -0.1) is 0 Å². The summed E-state index contributed by atoms with van der Waals surface area (Å²) in [7, 11) is 0. The van der Waals surface area contributed by atoms with Crippen molar-refractivity contribution in [1.29, 1.82) is 0 Å². The predicted octanol–water partition coefficient (Wildman–Crippen LogP) is 1.06. The minimum atomic E-state index is -1.05. The molecule has 1 aliphatic rings. The summed E-state index contributed by atoms with van der Waals surface area (Å²) in [5.41, 5.74) is 0.459. The monoisotopic (exact) mass is 349 g/mol. The van der Waals surface area contributed by atoms with E-state index in [0.717, 1.165) is 18.5 Å². The molecule has 24 heavy (non-hydrogen) atoms. The molecule has 1 saturated heterocycles. The van der Waals surface area contributed by atoms with Gasteiger partial charge in [-0.3, -0.25) is 9.69 Å². The second-order valence-electron chi connectivity index (χ2n) is 6.10. The van der Waals surface area contributed by atoms with E-state index in [9.17, 15) is 9.90 Å². The van der Waals surface area contributed by atoms with Crippen LogP contribution in [0.15, 0.2) is 30.5 Å². The van der Waals surface area contributed by atoms with Crippen LogP contribution in [-0.4, -0.2) is 51.0 Å². The first-order valence-corrected chi connectivity index (χ1v) is 8.25. The quantitative estimate of drug-likeness (QED) is 0.750. The van der Waals surface area contributed by atoms with Crippen LogP contribution in [0, 0.1) is 0 Å². The number of nitrogens with one attached hydrogen (secondary N) is 2. The van der Waals surface area contributed by atoms with Crippen LogP contribution in [-0.2, 0) is 16.9 Å². The Morgan fingerprint density at radius 3 is 2.92 bits per heavy atom. The van der Waals surface area contributed by atoms with Crippen molar-refractivity contribution in [3.8, 4) is 0 Å². The number of benzene rings is 1. The molecule has 0 radical (unpaired) electrons. The summed E-state index contributed by atoms with van der Waals surface area (Å²) in [4.78, 5) is 14.1. The van der Waals surface area contributed by atoms with Gasteiger partial charge in [0.25, 0.3) is 0 Å². The SMILES string of the molecule is O=C(CN1CCC[C@](O)(c2cn[nH]n2)C1)NCc1ccc(Cl)cc1. The van der Waals surface area contributed by atoms with Crippen LogP contribution in [0.25, 0.3) is 0 Å². The molecule has 1 aliphatic heterocycles. The van der Waals surface area contributed by atoms with Gasteiger partial charge in [0.15, 0.2) is 0 Å². The van der Waals surface area contributed by atoms with Gasteiger partial charge in [0.2, 0.25) is 5.91 Å². The summed E-state index contributed by atoms with van der Waals surface area (Å²) >= 11 is 5.84. The van der Waals surface area contributed by atoms with E-state index in [1.165, 1.54) is 6.20 Å². The largest absolute Gasteiger partial charge is 0.382 e. The average Bonchev–Trinajstić information content (AvgIpc) is 3.10. The molecule has 0 aliphatic carbocycles. The third-order valence-electron chi connectivity index (χ3n) is 4.21. The molecule has 7 nitrogen and oxygen atoms in total. The Kier molecular flexibility index (Phi) is 5.13. The minimum absolute atomic E-state index is 0.0747. The smallest absolute Gasteiger partial charge is 0.234 e. The Balaban J connectivity index is 1.51.